The van der Waals surface area contributed by atoms with E-state index >= 15 is 0 Å². The van der Waals surface area contributed by atoms with Crippen LogP contribution in [0.4, 0.5) is 5.69 Å². The fraction of sp³-hybridized carbons (Fsp3) is 0.222. The van der Waals surface area contributed by atoms with Crippen molar-refractivity contribution in [2.75, 3.05) is 14.1 Å². The summed E-state index contributed by atoms with van der Waals surface area (Å²) in [5.74, 6) is 0. The molecule has 13 heavy (non-hydrogen) atoms. The molecule has 0 atom stereocenters. The van der Waals surface area contributed by atoms with Gasteiger partial charge < -0.3 is 4.90 Å². The van der Waals surface area contributed by atoms with Crippen LogP contribution in [-0.4, -0.2) is 25.3 Å². The summed E-state index contributed by atoms with van der Waals surface area (Å²) in [6, 6.07) is 7.44. The quantitative estimate of drug-likeness (QED) is 0.551. The van der Waals surface area contributed by atoms with Gasteiger partial charge in [0.05, 0.1) is 12.0 Å². The molecule has 0 saturated heterocycles. The maximum atomic E-state index is 5.77. The molecule has 1 aromatic rings. The molecule has 0 aliphatic rings. The van der Waals surface area contributed by atoms with Gasteiger partial charge in [0.25, 0.3) is 0 Å². The van der Waals surface area contributed by atoms with Crippen molar-refractivity contribution in [2.24, 2.45) is 4.99 Å². The Balaban J connectivity index is 0.00000144. The van der Waals surface area contributed by atoms with Gasteiger partial charge in [-0.05, 0) is 18.2 Å². The van der Waals surface area contributed by atoms with Gasteiger partial charge in [-0.15, -0.1) is 12.4 Å². The predicted molar refractivity (Wildman–Crippen MR) is 60.5 cm³/mol. The normalized spacial score (nSPS) is 9.77. The van der Waals surface area contributed by atoms with E-state index in [4.69, 9.17) is 11.6 Å². The van der Waals surface area contributed by atoms with Crippen LogP contribution in [0.1, 0.15) is 0 Å². The molecule has 0 radical (unpaired) electrons. The standard InChI is InChI=1S/C9H11ClN2.ClH/c1-12(2)7-11-9-5-3-4-8(10)6-9;/h3-7H,1-2H3;1H. The van der Waals surface area contributed by atoms with E-state index in [0.29, 0.717) is 5.02 Å². The highest BCUT2D eigenvalue weighted by Gasteiger charge is 1.88. The highest BCUT2D eigenvalue weighted by molar-refractivity contribution is 6.30. The third-order valence-electron chi connectivity index (χ3n) is 1.25. The van der Waals surface area contributed by atoms with Crippen molar-refractivity contribution < 1.29 is 0 Å². The van der Waals surface area contributed by atoms with Gasteiger partial charge in [0.15, 0.2) is 0 Å². The summed E-state index contributed by atoms with van der Waals surface area (Å²) in [6.07, 6.45) is 1.74. The van der Waals surface area contributed by atoms with Gasteiger partial charge in [0.2, 0.25) is 0 Å². The lowest BCUT2D eigenvalue weighted by Gasteiger charge is -2.01. The monoisotopic (exact) mass is 218 g/mol. The van der Waals surface area contributed by atoms with Crippen molar-refractivity contribution in [1.82, 2.24) is 4.90 Å². The van der Waals surface area contributed by atoms with Gasteiger partial charge in [-0.2, -0.15) is 0 Å². The molecule has 0 amide bonds. The SMILES string of the molecule is CN(C)C=Nc1cccc(Cl)c1.Cl. The van der Waals surface area contributed by atoms with Gasteiger partial charge in [0.1, 0.15) is 0 Å². The Bertz CT molecular complexity index is 285. The fourth-order valence-corrected chi connectivity index (χ4v) is 0.923. The lowest BCUT2D eigenvalue weighted by Crippen LogP contribution is -2.06. The molecule has 0 N–H and O–H groups in total. The molecule has 0 spiro atoms. The summed E-state index contributed by atoms with van der Waals surface area (Å²) in [6.45, 7) is 0. The van der Waals surface area contributed by atoms with Crippen molar-refractivity contribution in [3.63, 3.8) is 0 Å². The minimum atomic E-state index is 0. The molecule has 0 fully saturated rings. The second-order valence-corrected chi connectivity index (χ2v) is 3.12. The Labute approximate surface area is 89.6 Å². The molecule has 0 saturated carbocycles. The number of nitrogens with zero attached hydrogens (tertiary/aromatic N) is 2. The van der Waals surface area contributed by atoms with Crippen LogP contribution in [0.25, 0.3) is 0 Å². The second kappa shape index (κ2) is 5.84. The van der Waals surface area contributed by atoms with E-state index in [1.807, 2.05) is 43.3 Å². The Morgan fingerprint density at radius 2 is 2.08 bits per heavy atom. The van der Waals surface area contributed by atoms with Crippen LogP contribution >= 0.6 is 24.0 Å². The van der Waals surface area contributed by atoms with Crippen molar-refractivity contribution in [2.45, 2.75) is 0 Å². The van der Waals surface area contributed by atoms with Crippen molar-refractivity contribution in [1.29, 1.82) is 0 Å². The molecular weight excluding hydrogens is 207 g/mol. The Hall–Kier alpha value is -0.730. The zero-order valence-corrected chi connectivity index (χ0v) is 9.14. The average Bonchev–Trinajstić information content (AvgIpc) is 2.01. The van der Waals surface area contributed by atoms with Gasteiger partial charge in [-0.3, -0.25) is 0 Å². The van der Waals surface area contributed by atoms with Crippen LogP contribution in [0, 0.1) is 0 Å². The molecule has 4 heteroatoms. The van der Waals surface area contributed by atoms with Crippen LogP contribution in [0.3, 0.4) is 0 Å². The third-order valence-corrected chi connectivity index (χ3v) is 1.48. The first-order valence-corrected chi connectivity index (χ1v) is 4.02. The summed E-state index contributed by atoms with van der Waals surface area (Å²) in [4.78, 5) is 6.06. The first-order chi connectivity index (χ1) is 5.68. The lowest BCUT2D eigenvalue weighted by atomic mass is 10.3. The Kier molecular flexibility index (Phi) is 5.51. The number of rotatable bonds is 2. The molecule has 0 aliphatic heterocycles. The van der Waals surface area contributed by atoms with Crippen LogP contribution in [0.5, 0.6) is 0 Å². The van der Waals surface area contributed by atoms with Crippen molar-refractivity contribution in [3.8, 4) is 0 Å². The van der Waals surface area contributed by atoms with Crippen LogP contribution in [0.2, 0.25) is 5.02 Å². The van der Waals surface area contributed by atoms with E-state index < -0.39 is 0 Å². The van der Waals surface area contributed by atoms with Gasteiger partial charge in [0, 0.05) is 19.1 Å². The summed E-state index contributed by atoms with van der Waals surface area (Å²) >= 11 is 5.77. The zero-order chi connectivity index (χ0) is 8.97. The maximum Gasteiger partial charge on any atom is 0.0907 e. The molecule has 72 valence electrons. The van der Waals surface area contributed by atoms with E-state index in [2.05, 4.69) is 4.99 Å². The molecular formula is C9H12Cl2N2. The van der Waals surface area contributed by atoms with E-state index in [0.717, 1.165) is 5.69 Å². The Morgan fingerprint density at radius 3 is 2.62 bits per heavy atom. The highest BCUT2D eigenvalue weighted by Crippen LogP contribution is 2.16. The lowest BCUT2D eigenvalue weighted by molar-refractivity contribution is 0.643. The predicted octanol–water partition coefficient (Wildman–Crippen LogP) is 2.98. The second-order valence-electron chi connectivity index (χ2n) is 2.69. The first-order valence-electron chi connectivity index (χ1n) is 3.64. The highest BCUT2D eigenvalue weighted by atomic mass is 35.5. The largest absolute Gasteiger partial charge is 0.369 e. The number of aliphatic imine (C=N–C) groups is 1. The minimum Gasteiger partial charge on any atom is -0.369 e. The average molecular weight is 219 g/mol. The molecule has 0 aliphatic carbocycles. The summed E-state index contributed by atoms with van der Waals surface area (Å²) in [5, 5.41) is 0.711. The zero-order valence-electron chi connectivity index (χ0n) is 7.57. The fourth-order valence-electron chi connectivity index (χ4n) is 0.739. The number of hydrogen-bond acceptors (Lipinski definition) is 1. The van der Waals surface area contributed by atoms with E-state index in [1.54, 1.807) is 6.34 Å². The molecule has 2 nitrogen and oxygen atoms in total. The molecule has 0 heterocycles. The maximum absolute atomic E-state index is 5.77. The van der Waals surface area contributed by atoms with Crippen molar-refractivity contribution >= 4 is 36.0 Å². The van der Waals surface area contributed by atoms with Crippen LogP contribution in [0.15, 0.2) is 29.3 Å². The van der Waals surface area contributed by atoms with Gasteiger partial charge in [-0.1, -0.05) is 17.7 Å². The smallest absolute Gasteiger partial charge is 0.0907 e. The topological polar surface area (TPSA) is 15.6 Å². The number of hydrogen-bond donors (Lipinski definition) is 0. The van der Waals surface area contributed by atoms with Crippen LogP contribution < -0.4 is 0 Å². The minimum absolute atomic E-state index is 0. The first kappa shape index (κ1) is 12.3. The molecule has 0 bridgehead atoms. The van der Waals surface area contributed by atoms with Gasteiger partial charge >= 0.3 is 0 Å². The molecule has 0 unspecified atom stereocenters. The van der Waals surface area contributed by atoms with E-state index in [9.17, 15) is 0 Å². The Morgan fingerprint density at radius 1 is 1.38 bits per heavy atom. The molecule has 1 rings (SSSR count). The molecule has 1 aromatic carbocycles. The van der Waals surface area contributed by atoms with E-state index in [-0.39, 0.29) is 12.4 Å². The van der Waals surface area contributed by atoms with Gasteiger partial charge in [-0.25, -0.2) is 4.99 Å². The third kappa shape index (κ3) is 4.76. The summed E-state index contributed by atoms with van der Waals surface area (Å²) in [7, 11) is 3.85. The van der Waals surface area contributed by atoms with Crippen LogP contribution in [-0.2, 0) is 0 Å². The number of halogens is 2. The molecule has 0 aromatic heterocycles. The van der Waals surface area contributed by atoms with E-state index in [1.165, 1.54) is 0 Å². The van der Waals surface area contributed by atoms with Crippen molar-refractivity contribution in [3.05, 3.63) is 29.3 Å². The summed E-state index contributed by atoms with van der Waals surface area (Å²) in [5.41, 5.74) is 0.871. The number of benzene rings is 1. The summed E-state index contributed by atoms with van der Waals surface area (Å²) < 4.78 is 0.